The second kappa shape index (κ2) is 7.47. The molecule has 1 aromatic carbocycles. The van der Waals surface area contributed by atoms with Crippen LogP contribution in [0.4, 0.5) is 0 Å². The maximum atomic E-state index is 13.2. The lowest BCUT2D eigenvalue weighted by Crippen LogP contribution is -2.40. The predicted octanol–water partition coefficient (Wildman–Crippen LogP) is 3.23. The molecule has 148 valence electrons. The van der Waals surface area contributed by atoms with E-state index in [4.69, 9.17) is 0 Å². The number of hydrogen-bond acceptors (Lipinski definition) is 5. The van der Waals surface area contributed by atoms with E-state index in [0.29, 0.717) is 11.5 Å². The molecule has 4 rings (SSSR count). The number of rotatable bonds is 4. The Balaban J connectivity index is 1.88. The highest BCUT2D eigenvalue weighted by atomic mass is 16.1. The Kier molecular flexibility index (Phi) is 5.02. The van der Waals surface area contributed by atoms with Gasteiger partial charge < -0.3 is 4.98 Å². The molecule has 1 aliphatic rings. The third-order valence-electron chi connectivity index (χ3n) is 5.85. The first-order chi connectivity index (χ1) is 13.5. The molecule has 2 aromatic heterocycles. The number of aromatic amines is 1. The first-order valence-electron chi connectivity index (χ1n) is 10.1. The second-order valence-electron chi connectivity index (χ2n) is 8.29. The van der Waals surface area contributed by atoms with Crippen LogP contribution in [-0.4, -0.2) is 43.2 Å². The van der Waals surface area contributed by atoms with Gasteiger partial charge in [-0.3, -0.25) is 9.69 Å². The average Bonchev–Trinajstić information content (AvgIpc) is 3.14. The molecule has 0 bridgehead atoms. The largest absolute Gasteiger partial charge is 0.321 e. The topological polar surface area (TPSA) is 79.7 Å². The van der Waals surface area contributed by atoms with Crippen molar-refractivity contribution in [2.75, 3.05) is 13.1 Å². The summed E-state index contributed by atoms with van der Waals surface area (Å²) in [5, 5.41) is 13.5. The van der Waals surface area contributed by atoms with Crippen molar-refractivity contribution in [3.05, 3.63) is 51.6 Å². The van der Waals surface area contributed by atoms with E-state index in [2.05, 4.69) is 46.2 Å². The Morgan fingerprint density at radius 1 is 1.21 bits per heavy atom. The Morgan fingerprint density at radius 3 is 2.68 bits per heavy atom. The van der Waals surface area contributed by atoms with Gasteiger partial charge in [-0.2, -0.15) is 0 Å². The summed E-state index contributed by atoms with van der Waals surface area (Å²) in [6.07, 6.45) is 2.23. The van der Waals surface area contributed by atoms with Crippen molar-refractivity contribution in [2.24, 2.45) is 5.92 Å². The van der Waals surface area contributed by atoms with Gasteiger partial charge in [-0.25, -0.2) is 4.68 Å². The van der Waals surface area contributed by atoms with Gasteiger partial charge in [0.15, 0.2) is 5.82 Å². The van der Waals surface area contributed by atoms with Crippen molar-refractivity contribution >= 4 is 10.9 Å². The monoisotopic (exact) mass is 380 g/mol. The van der Waals surface area contributed by atoms with E-state index in [1.54, 1.807) is 0 Å². The number of likely N-dealkylation sites (tertiary alicyclic amines) is 1. The highest BCUT2D eigenvalue weighted by Gasteiger charge is 2.32. The summed E-state index contributed by atoms with van der Waals surface area (Å²) in [4.78, 5) is 18.6. The summed E-state index contributed by atoms with van der Waals surface area (Å²) in [5.74, 6) is 1.44. The van der Waals surface area contributed by atoms with Crippen molar-refractivity contribution in [1.29, 1.82) is 0 Å². The van der Waals surface area contributed by atoms with Crippen LogP contribution >= 0.6 is 0 Å². The molecule has 1 fully saturated rings. The Hall–Kier alpha value is -2.54. The van der Waals surface area contributed by atoms with Gasteiger partial charge in [0.1, 0.15) is 6.04 Å². The van der Waals surface area contributed by atoms with Gasteiger partial charge in [0.25, 0.3) is 5.56 Å². The molecule has 28 heavy (non-hydrogen) atoms. The van der Waals surface area contributed by atoms with E-state index in [-0.39, 0.29) is 17.6 Å². The van der Waals surface area contributed by atoms with Crippen LogP contribution in [-0.2, 0) is 0 Å². The fourth-order valence-electron chi connectivity index (χ4n) is 4.14. The lowest BCUT2D eigenvalue weighted by molar-refractivity contribution is 0.148. The number of aryl methyl sites for hydroxylation is 1. The van der Waals surface area contributed by atoms with Gasteiger partial charge in [-0.05, 0) is 80.1 Å². The maximum Gasteiger partial charge on any atom is 0.253 e. The molecule has 0 spiro atoms. The summed E-state index contributed by atoms with van der Waals surface area (Å²) in [7, 11) is 0. The molecule has 7 heteroatoms. The molecule has 0 radical (unpaired) electrons. The first-order valence-corrected chi connectivity index (χ1v) is 10.1. The fraction of sp³-hybridized carbons (Fsp3) is 0.524. The minimum absolute atomic E-state index is 0.0660. The van der Waals surface area contributed by atoms with Gasteiger partial charge in [0.05, 0.1) is 11.6 Å². The van der Waals surface area contributed by atoms with Gasteiger partial charge >= 0.3 is 0 Å². The van der Waals surface area contributed by atoms with Crippen LogP contribution in [0.2, 0.25) is 0 Å². The number of pyridine rings is 1. The Labute approximate surface area is 164 Å². The van der Waals surface area contributed by atoms with E-state index in [0.717, 1.165) is 48.2 Å². The molecule has 0 amide bonds. The number of nitrogens with zero attached hydrogens (tertiary/aromatic N) is 5. The summed E-state index contributed by atoms with van der Waals surface area (Å²) < 4.78 is 1.84. The molecule has 3 heterocycles. The quantitative estimate of drug-likeness (QED) is 0.752. The molecule has 0 aliphatic carbocycles. The summed E-state index contributed by atoms with van der Waals surface area (Å²) in [5.41, 5.74) is 2.61. The maximum absolute atomic E-state index is 13.2. The van der Waals surface area contributed by atoms with E-state index in [1.807, 2.05) is 35.9 Å². The van der Waals surface area contributed by atoms with Crippen LogP contribution < -0.4 is 5.56 Å². The van der Waals surface area contributed by atoms with Crippen LogP contribution in [0.25, 0.3) is 10.9 Å². The van der Waals surface area contributed by atoms with Gasteiger partial charge in [0, 0.05) is 5.56 Å². The smallest absolute Gasteiger partial charge is 0.253 e. The van der Waals surface area contributed by atoms with Crippen molar-refractivity contribution in [3.63, 3.8) is 0 Å². The van der Waals surface area contributed by atoms with E-state index in [1.165, 1.54) is 0 Å². The van der Waals surface area contributed by atoms with Crippen molar-refractivity contribution in [2.45, 2.75) is 52.6 Å². The number of fused-ring (bicyclic) bond motifs is 1. The molecule has 7 nitrogen and oxygen atoms in total. The molecular formula is C21H28N6O. The van der Waals surface area contributed by atoms with Crippen molar-refractivity contribution < 1.29 is 0 Å². The third-order valence-corrected chi connectivity index (χ3v) is 5.85. The molecule has 1 saturated heterocycles. The first kappa shape index (κ1) is 18.8. The van der Waals surface area contributed by atoms with Crippen molar-refractivity contribution in [3.8, 4) is 0 Å². The molecule has 0 unspecified atom stereocenters. The van der Waals surface area contributed by atoms with Crippen LogP contribution in [0.15, 0.2) is 29.1 Å². The van der Waals surface area contributed by atoms with Crippen LogP contribution in [0.1, 0.15) is 62.6 Å². The second-order valence-corrected chi connectivity index (χ2v) is 8.29. The molecule has 1 atom stereocenters. The summed E-state index contributed by atoms with van der Waals surface area (Å²) in [6, 6.07) is 7.97. The third kappa shape index (κ3) is 3.35. The van der Waals surface area contributed by atoms with Gasteiger partial charge in [-0.1, -0.05) is 25.1 Å². The molecular weight excluding hydrogens is 352 g/mol. The zero-order valence-corrected chi connectivity index (χ0v) is 17.0. The van der Waals surface area contributed by atoms with E-state index < -0.39 is 0 Å². The molecule has 3 aromatic rings. The summed E-state index contributed by atoms with van der Waals surface area (Å²) >= 11 is 0. The van der Waals surface area contributed by atoms with Gasteiger partial charge in [0.2, 0.25) is 0 Å². The molecule has 1 N–H and O–H groups in total. The number of piperidine rings is 1. The molecule has 0 saturated carbocycles. The summed E-state index contributed by atoms with van der Waals surface area (Å²) in [6.45, 7) is 10.3. The number of aromatic nitrogens is 5. The minimum Gasteiger partial charge on any atom is -0.321 e. The lowest BCUT2D eigenvalue weighted by Gasteiger charge is -2.36. The number of tetrazole rings is 1. The zero-order valence-electron chi connectivity index (χ0n) is 17.0. The SMILES string of the molecule is Cc1cccc2cc([C@@H](c3nnnn3C(C)C)N3CCC(C)CC3)c(=O)[nH]c12. The number of H-pyrrole nitrogens is 1. The number of para-hydroxylation sites is 1. The van der Waals surface area contributed by atoms with Crippen LogP contribution in [0, 0.1) is 12.8 Å². The number of nitrogens with one attached hydrogen (secondary N) is 1. The average molecular weight is 380 g/mol. The number of hydrogen-bond donors (Lipinski definition) is 1. The lowest BCUT2D eigenvalue weighted by atomic mass is 9.95. The van der Waals surface area contributed by atoms with Gasteiger partial charge in [-0.15, -0.1) is 5.10 Å². The normalized spacial score (nSPS) is 17.5. The minimum atomic E-state index is -0.251. The predicted molar refractivity (Wildman–Crippen MR) is 109 cm³/mol. The highest BCUT2D eigenvalue weighted by molar-refractivity contribution is 5.82. The fourth-order valence-corrected chi connectivity index (χ4v) is 4.14. The van der Waals surface area contributed by atoms with Crippen molar-refractivity contribution in [1.82, 2.24) is 30.1 Å². The van der Waals surface area contributed by atoms with Crippen LogP contribution in [0.5, 0.6) is 0 Å². The van der Waals surface area contributed by atoms with E-state index >= 15 is 0 Å². The van der Waals surface area contributed by atoms with E-state index in [9.17, 15) is 4.79 Å². The number of benzene rings is 1. The Bertz CT molecular complexity index is 1030. The van der Waals surface area contributed by atoms with Crippen LogP contribution in [0.3, 0.4) is 0 Å². The Morgan fingerprint density at radius 2 is 1.96 bits per heavy atom. The molecule has 1 aliphatic heterocycles. The zero-order chi connectivity index (χ0) is 19.8. The highest BCUT2D eigenvalue weighted by Crippen LogP contribution is 2.31. The standard InChI is InChI=1S/C21H28N6O/c1-13(2)27-20(23-24-25-27)19(26-10-8-14(3)9-11-26)17-12-16-7-5-6-15(4)18(16)22-21(17)28/h5-7,12-14,19H,8-11H2,1-4H3,(H,22,28)/t19-/m0/s1.